The predicted molar refractivity (Wildman–Crippen MR) is 70.9 cm³/mol. The SMILES string of the molecule is CC(C)(Nc1nc2c(cc1C#N)CCCC2)C(=O)O. The molecule has 1 aromatic rings. The van der Waals surface area contributed by atoms with Crippen molar-refractivity contribution in [3.05, 3.63) is 22.9 Å². The molecule has 1 aromatic heterocycles. The highest BCUT2D eigenvalue weighted by molar-refractivity contribution is 5.81. The summed E-state index contributed by atoms with van der Waals surface area (Å²) in [6, 6.07) is 3.92. The predicted octanol–water partition coefficient (Wildman–Crippen LogP) is 2.11. The molecule has 0 spiro atoms. The summed E-state index contributed by atoms with van der Waals surface area (Å²) in [4.78, 5) is 15.6. The van der Waals surface area contributed by atoms with E-state index in [9.17, 15) is 10.1 Å². The zero-order valence-electron chi connectivity index (χ0n) is 11.2. The number of hydrogen-bond acceptors (Lipinski definition) is 4. The number of carboxylic acids is 1. The summed E-state index contributed by atoms with van der Waals surface area (Å²) < 4.78 is 0. The van der Waals surface area contributed by atoms with E-state index in [4.69, 9.17) is 5.11 Å². The Bertz CT molecular complexity index is 559. The van der Waals surface area contributed by atoms with E-state index in [0.29, 0.717) is 11.4 Å². The zero-order valence-corrected chi connectivity index (χ0v) is 11.2. The van der Waals surface area contributed by atoms with Gasteiger partial charge in [0.05, 0.1) is 5.56 Å². The number of fused-ring (bicyclic) bond motifs is 1. The molecule has 0 fully saturated rings. The maximum atomic E-state index is 11.1. The van der Waals surface area contributed by atoms with E-state index in [2.05, 4.69) is 16.4 Å². The lowest BCUT2D eigenvalue weighted by atomic mass is 9.94. The van der Waals surface area contributed by atoms with Crippen LogP contribution in [-0.2, 0) is 17.6 Å². The van der Waals surface area contributed by atoms with Crippen molar-refractivity contribution >= 4 is 11.8 Å². The van der Waals surface area contributed by atoms with Crippen molar-refractivity contribution in [2.24, 2.45) is 0 Å². The van der Waals surface area contributed by atoms with Crippen molar-refractivity contribution in [3.8, 4) is 6.07 Å². The van der Waals surface area contributed by atoms with Crippen LogP contribution in [0.3, 0.4) is 0 Å². The first-order valence-electron chi connectivity index (χ1n) is 6.38. The normalized spacial score (nSPS) is 14.4. The minimum absolute atomic E-state index is 0.371. The van der Waals surface area contributed by atoms with Gasteiger partial charge < -0.3 is 10.4 Å². The average molecular weight is 259 g/mol. The number of carbonyl (C=O) groups is 1. The molecule has 5 heteroatoms. The van der Waals surface area contributed by atoms with Gasteiger partial charge in [-0.1, -0.05) is 0 Å². The van der Waals surface area contributed by atoms with Gasteiger partial charge in [0, 0.05) is 5.69 Å². The molecule has 1 aliphatic carbocycles. The van der Waals surface area contributed by atoms with Crippen LogP contribution in [0.15, 0.2) is 6.07 Å². The van der Waals surface area contributed by atoms with Gasteiger partial charge in [0.1, 0.15) is 17.4 Å². The zero-order chi connectivity index (χ0) is 14.0. The lowest BCUT2D eigenvalue weighted by Gasteiger charge is -2.24. The Labute approximate surface area is 112 Å². The second-order valence-corrected chi connectivity index (χ2v) is 5.36. The van der Waals surface area contributed by atoms with E-state index in [0.717, 1.165) is 36.9 Å². The first-order chi connectivity index (χ1) is 8.94. The molecule has 100 valence electrons. The number of nitriles is 1. The van der Waals surface area contributed by atoms with E-state index in [1.807, 2.05) is 6.07 Å². The molecule has 0 saturated heterocycles. The Hall–Kier alpha value is -2.09. The summed E-state index contributed by atoms with van der Waals surface area (Å²) in [7, 11) is 0. The lowest BCUT2D eigenvalue weighted by molar-refractivity contribution is -0.141. The van der Waals surface area contributed by atoms with Crippen molar-refractivity contribution in [2.45, 2.75) is 45.1 Å². The summed E-state index contributed by atoms with van der Waals surface area (Å²) in [6.45, 7) is 3.11. The van der Waals surface area contributed by atoms with Crippen LogP contribution in [0.4, 0.5) is 5.82 Å². The van der Waals surface area contributed by atoms with Crippen LogP contribution in [0.25, 0.3) is 0 Å². The number of carboxylic acid groups (broad SMARTS) is 1. The van der Waals surface area contributed by atoms with Crippen LogP contribution in [0.5, 0.6) is 0 Å². The molecule has 2 N–H and O–H groups in total. The number of nitrogens with zero attached hydrogens (tertiary/aromatic N) is 2. The summed E-state index contributed by atoms with van der Waals surface area (Å²) in [5, 5.41) is 21.2. The molecular formula is C14H17N3O2. The largest absolute Gasteiger partial charge is 0.480 e. The van der Waals surface area contributed by atoms with E-state index in [1.54, 1.807) is 13.8 Å². The standard InChI is InChI=1S/C14H17N3O2/c1-14(2,13(18)19)17-12-10(8-15)7-9-5-3-4-6-11(9)16-12/h7H,3-6H2,1-2H3,(H,16,17)(H,18,19). The third-order valence-corrected chi connectivity index (χ3v) is 3.39. The van der Waals surface area contributed by atoms with Gasteiger partial charge in [-0.25, -0.2) is 9.78 Å². The first kappa shape index (κ1) is 13.3. The van der Waals surface area contributed by atoms with E-state index in [1.165, 1.54) is 0 Å². The Balaban J connectivity index is 2.40. The molecule has 2 rings (SSSR count). The first-order valence-corrected chi connectivity index (χ1v) is 6.38. The molecule has 1 aliphatic rings. The van der Waals surface area contributed by atoms with E-state index < -0.39 is 11.5 Å². The number of rotatable bonds is 3. The van der Waals surface area contributed by atoms with Gasteiger partial charge in [-0.2, -0.15) is 5.26 Å². The fourth-order valence-corrected chi connectivity index (χ4v) is 2.16. The molecule has 0 aliphatic heterocycles. The molecule has 19 heavy (non-hydrogen) atoms. The lowest BCUT2D eigenvalue weighted by Crippen LogP contribution is -2.40. The van der Waals surface area contributed by atoms with Crippen molar-refractivity contribution in [3.63, 3.8) is 0 Å². The molecule has 0 bridgehead atoms. The second-order valence-electron chi connectivity index (χ2n) is 5.36. The van der Waals surface area contributed by atoms with Gasteiger partial charge in [-0.3, -0.25) is 0 Å². The molecule has 0 radical (unpaired) electrons. The van der Waals surface area contributed by atoms with Crippen molar-refractivity contribution < 1.29 is 9.90 Å². The molecule has 1 heterocycles. The Morgan fingerprint density at radius 2 is 2.16 bits per heavy atom. The van der Waals surface area contributed by atoms with Gasteiger partial charge in [-0.05, 0) is 51.2 Å². The van der Waals surface area contributed by atoms with Crippen LogP contribution in [0.2, 0.25) is 0 Å². The van der Waals surface area contributed by atoms with E-state index in [-0.39, 0.29) is 0 Å². The third-order valence-electron chi connectivity index (χ3n) is 3.39. The number of aryl methyl sites for hydroxylation is 2. The van der Waals surface area contributed by atoms with Gasteiger partial charge in [0.2, 0.25) is 0 Å². The van der Waals surface area contributed by atoms with Crippen LogP contribution in [-0.4, -0.2) is 21.6 Å². The Morgan fingerprint density at radius 1 is 1.47 bits per heavy atom. The molecule has 0 amide bonds. The fourth-order valence-electron chi connectivity index (χ4n) is 2.16. The van der Waals surface area contributed by atoms with Gasteiger partial charge in [-0.15, -0.1) is 0 Å². The van der Waals surface area contributed by atoms with Gasteiger partial charge in [0.25, 0.3) is 0 Å². The van der Waals surface area contributed by atoms with Crippen LogP contribution < -0.4 is 5.32 Å². The van der Waals surface area contributed by atoms with Crippen molar-refractivity contribution in [1.82, 2.24) is 4.98 Å². The number of hydrogen-bond donors (Lipinski definition) is 2. The monoisotopic (exact) mass is 259 g/mol. The Kier molecular flexibility index (Phi) is 3.43. The molecule has 0 aromatic carbocycles. The van der Waals surface area contributed by atoms with Crippen LogP contribution in [0.1, 0.15) is 43.5 Å². The number of aliphatic carboxylic acids is 1. The highest BCUT2D eigenvalue weighted by Crippen LogP contribution is 2.26. The van der Waals surface area contributed by atoms with Crippen molar-refractivity contribution in [2.75, 3.05) is 5.32 Å². The molecule has 5 nitrogen and oxygen atoms in total. The maximum Gasteiger partial charge on any atom is 0.328 e. The van der Waals surface area contributed by atoms with Crippen molar-refractivity contribution in [1.29, 1.82) is 5.26 Å². The van der Waals surface area contributed by atoms with Crippen LogP contribution in [0, 0.1) is 11.3 Å². The van der Waals surface area contributed by atoms with E-state index >= 15 is 0 Å². The van der Waals surface area contributed by atoms with Gasteiger partial charge >= 0.3 is 5.97 Å². The summed E-state index contributed by atoms with van der Waals surface area (Å²) >= 11 is 0. The minimum atomic E-state index is -1.15. The molecular weight excluding hydrogens is 242 g/mol. The molecule has 0 saturated carbocycles. The maximum absolute atomic E-state index is 11.1. The molecule has 0 atom stereocenters. The second kappa shape index (κ2) is 4.88. The van der Waals surface area contributed by atoms with Gasteiger partial charge in [0.15, 0.2) is 0 Å². The minimum Gasteiger partial charge on any atom is -0.480 e. The quantitative estimate of drug-likeness (QED) is 0.868. The topological polar surface area (TPSA) is 86.0 Å². The number of anilines is 1. The van der Waals surface area contributed by atoms with Crippen LogP contribution >= 0.6 is 0 Å². The number of pyridine rings is 1. The fraction of sp³-hybridized carbons (Fsp3) is 0.500. The third kappa shape index (κ3) is 2.68. The highest BCUT2D eigenvalue weighted by Gasteiger charge is 2.28. The Morgan fingerprint density at radius 3 is 2.79 bits per heavy atom. The number of aromatic nitrogens is 1. The average Bonchev–Trinajstić information content (AvgIpc) is 2.37. The smallest absolute Gasteiger partial charge is 0.328 e. The summed E-state index contributed by atoms with van der Waals surface area (Å²) in [5.74, 6) is -0.605. The number of nitrogens with one attached hydrogen (secondary N) is 1. The summed E-state index contributed by atoms with van der Waals surface area (Å²) in [6.07, 6.45) is 4.05. The molecule has 0 unspecified atom stereocenters. The summed E-state index contributed by atoms with van der Waals surface area (Å²) in [5.41, 5.74) is 1.35. The highest BCUT2D eigenvalue weighted by atomic mass is 16.4.